The van der Waals surface area contributed by atoms with E-state index < -0.39 is 90.6 Å². The summed E-state index contributed by atoms with van der Waals surface area (Å²) >= 11 is 1.54. The molecule has 2 saturated heterocycles. The van der Waals surface area contributed by atoms with Crippen LogP contribution in [0.25, 0.3) is 0 Å². The molecule has 0 spiro atoms. The van der Waals surface area contributed by atoms with Crippen molar-refractivity contribution in [1.29, 1.82) is 0 Å². The van der Waals surface area contributed by atoms with Gasteiger partial charge in [-0.15, -0.1) is 11.3 Å². The molecule has 1 aliphatic carbocycles. The van der Waals surface area contributed by atoms with Crippen molar-refractivity contribution in [2.24, 2.45) is 0 Å². The van der Waals surface area contributed by atoms with Gasteiger partial charge in [-0.2, -0.15) is 0 Å². The maximum atomic E-state index is 12.2. The normalized spacial score (nSPS) is 22.1. The van der Waals surface area contributed by atoms with Gasteiger partial charge in [0.1, 0.15) is 41.1 Å². The molecule has 9 heterocycles. The topological polar surface area (TPSA) is 502 Å². The highest BCUT2D eigenvalue weighted by atomic mass is 32.1. The molecule has 6 aliphatic heterocycles. The molecule has 13 rings (SSSR count). The number of aromatic nitrogens is 2. The molecule has 3 aromatic heterocycles. The largest absolute Gasteiger partial charge is 0.478 e. The van der Waals surface area contributed by atoms with Gasteiger partial charge in [0, 0.05) is 88.8 Å². The van der Waals surface area contributed by atoms with Crippen LogP contribution >= 0.6 is 11.3 Å². The molecule has 12 atom stereocenters. The summed E-state index contributed by atoms with van der Waals surface area (Å²) in [6.07, 6.45) is 27.6. The number of hydrogen-bond acceptors (Lipinski definition) is 27. The van der Waals surface area contributed by atoms with Gasteiger partial charge in [-0.05, 0) is 164 Å². The third-order valence-corrected chi connectivity index (χ3v) is 24.2. The predicted molar refractivity (Wildman–Crippen MR) is 522 cm³/mol. The van der Waals surface area contributed by atoms with Crippen LogP contribution in [0.3, 0.4) is 0 Å². The van der Waals surface area contributed by atoms with E-state index in [-0.39, 0.29) is 152 Å². The van der Waals surface area contributed by atoms with Crippen molar-refractivity contribution in [2.75, 3.05) is 0 Å². The lowest BCUT2D eigenvalue weighted by Gasteiger charge is -2.28. The average Bonchev–Trinajstić information content (AvgIpc) is 1.67. The van der Waals surface area contributed by atoms with Crippen molar-refractivity contribution in [3.05, 3.63) is 238 Å². The summed E-state index contributed by atoms with van der Waals surface area (Å²) in [6.45, 7) is 8.99. The highest BCUT2D eigenvalue weighted by Gasteiger charge is 2.42. The molecule has 139 heavy (non-hydrogen) atoms. The third kappa shape index (κ3) is 44.1. The van der Waals surface area contributed by atoms with Gasteiger partial charge in [-0.3, -0.25) is 67.9 Å². The minimum absolute atomic E-state index is 0.0147. The molecular formula is C98H132B6N8O26S+2. The SMILES string of the molecule is CC(=O)CC1OB(O)[C@@H](NC(=O)Cc2cccs2)CC2=C1CCC2.CC(=O)C[C@@H]1C/C=C\C[C@H](NC(=O)Cc2ccccc2)B(O)O1.CC(=O)C[C@@H]1CCCC[C@H](NC(=O)Cc2ccccc2)B(O)O1.CC(=O)C[C@H]1C=CC[C@H](NC(=O)Cc2ccc[n+](O)c2)B(O)O1.CC(=O)C[C@H]1C=CC[C@H](NC(=O)Cc2cccc[n+]2O)B(O)O1.CC(=O)C[C@H]1CCCC[C@H](NC(=O)Cc2ccccc2)B(O)O1. The van der Waals surface area contributed by atoms with Crippen LogP contribution in [0.4, 0.5) is 0 Å². The maximum absolute atomic E-state index is 12.2. The van der Waals surface area contributed by atoms with Crippen molar-refractivity contribution in [3.8, 4) is 0 Å². The van der Waals surface area contributed by atoms with Crippen molar-refractivity contribution >= 4 is 124 Å². The van der Waals surface area contributed by atoms with Crippen LogP contribution in [-0.4, -0.2) is 226 Å². The Morgan fingerprint density at radius 2 is 0.734 bits per heavy atom. The Kier molecular flexibility index (Phi) is 49.6. The monoisotopic (exact) mass is 1930 g/mol. The van der Waals surface area contributed by atoms with Gasteiger partial charge in [0.25, 0.3) is 0 Å². The van der Waals surface area contributed by atoms with E-state index in [9.17, 15) is 98.1 Å². The Morgan fingerprint density at radius 1 is 0.353 bits per heavy atom. The number of rotatable bonds is 30. The van der Waals surface area contributed by atoms with Crippen molar-refractivity contribution in [3.63, 3.8) is 0 Å². The third-order valence-electron chi connectivity index (χ3n) is 23.3. The molecular weight excluding hydrogens is 1800 g/mol. The lowest BCUT2D eigenvalue weighted by Crippen LogP contribution is -2.50. The van der Waals surface area contributed by atoms with Crippen molar-refractivity contribution in [2.45, 2.75) is 294 Å². The van der Waals surface area contributed by atoms with Crippen LogP contribution in [0.2, 0.25) is 0 Å². The number of nitrogens with one attached hydrogen (secondary N) is 6. The first-order valence-electron chi connectivity index (χ1n) is 47.5. The van der Waals surface area contributed by atoms with Crippen LogP contribution in [0.15, 0.2) is 205 Å². The number of hydrogen-bond donors (Lipinski definition) is 14. The zero-order valence-corrected chi connectivity index (χ0v) is 80.7. The van der Waals surface area contributed by atoms with E-state index in [0.717, 1.165) is 94.4 Å². The van der Waals surface area contributed by atoms with E-state index in [1.165, 1.54) is 77.0 Å². The zero-order chi connectivity index (χ0) is 101. The van der Waals surface area contributed by atoms with Crippen molar-refractivity contribution in [1.82, 2.24) is 31.9 Å². The lowest BCUT2D eigenvalue weighted by atomic mass is 9.74. The number of carbonyl (C=O) groups excluding carboxylic acids is 12. The number of carbonyl (C=O) groups is 12. The molecule has 3 aromatic carbocycles. The van der Waals surface area contributed by atoms with Crippen LogP contribution < -0.4 is 41.4 Å². The number of amides is 6. The number of benzene rings is 3. The second-order valence-corrected chi connectivity index (χ2v) is 36.9. The summed E-state index contributed by atoms with van der Waals surface area (Å²) in [7, 11) is -6.73. The Labute approximate surface area is 818 Å². The van der Waals surface area contributed by atoms with Gasteiger partial charge >= 0.3 is 42.7 Å². The number of pyridine rings is 2. The average molecular weight is 1940 g/mol. The highest BCUT2D eigenvalue weighted by Crippen LogP contribution is 2.37. The van der Waals surface area contributed by atoms with Crippen LogP contribution in [0.5, 0.6) is 0 Å². The van der Waals surface area contributed by atoms with E-state index in [1.54, 1.807) is 54.6 Å². The molecule has 0 radical (unpaired) electrons. The highest BCUT2D eigenvalue weighted by molar-refractivity contribution is 7.10. The summed E-state index contributed by atoms with van der Waals surface area (Å²) in [6, 6.07) is 40.6. The maximum Gasteiger partial charge on any atom is 0.478 e. The smallest absolute Gasteiger partial charge is 0.426 e. The second kappa shape index (κ2) is 60.8. The van der Waals surface area contributed by atoms with Crippen LogP contribution in [0.1, 0.15) is 216 Å². The molecule has 6 amide bonds. The molecule has 7 aliphatic rings. The van der Waals surface area contributed by atoms with Crippen LogP contribution in [-0.2, 0) is 124 Å². The quantitative estimate of drug-likeness (QED) is 0.0106. The molecule has 41 heteroatoms. The van der Waals surface area contributed by atoms with E-state index in [2.05, 4.69) is 31.9 Å². The summed E-state index contributed by atoms with van der Waals surface area (Å²) < 4.78 is 35.0. The van der Waals surface area contributed by atoms with E-state index in [0.29, 0.717) is 75.5 Å². The molecule has 742 valence electrons. The van der Waals surface area contributed by atoms with Gasteiger partial charge in [0.15, 0.2) is 0 Å². The van der Waals surface area contributed by atoms with E-state index in [1.807, 2.05) is 121 Å². The van der Waals surface area contributed by atoms with Gasteiger partial charge in [-0.1, -0.05) is 165 Å². The molecule has 0 bridgehead atoms. The molecule has 14 N–H and O–H groups in total. The number of ketones is 6. The minimum atomic E-state index is -1.20. The standard InChI is InChI=1S/C17H22BNO4S.2C17H24BNO4.C17H22BNO4.2C15H19BN2O5/c1-11(20)8-15-14-6-2-4-12(14)9-16(18(22)23-15)19-17(21)10-13-5-3-7-24-13;3*1-13(20)11-15-9-5-6-10-16(18(22)23-15)19-17(21)12-14-7-3-2-4-8-14;1-11(19)8-13-5-2-6-14(16(21)23-13)17-15(20)9-12-4-3-7-18(22)10-12;1-11(19)9-13-6-4-7-14(16(21)23-13)17-15(20)10-12-5-2-3-8-18(12)22/h3,5,7,15-16,22H,2,4,6,8-10H2,1H3,(H,19,21);2*2-4,7-8,15-16,22H,5-6,9-12H2,1H3,(H,19,21);2-8,15-16,22H,9-12H2,1H3,(H,19,21);2-5,7,10,13-14,21H,6,8-9H2,1H3,(H-,17,20,22);2-6,8,13-14,21H,7,9-10H2,1H3,(H-,17,20,22)/p+2/b;;;6-5-;;/t15?,16-;15-,16+;2*15-,16-;2*13-,14+/m010011/s1. The summed E-state index contributed by atoms with van der Waals surface area (Å²) in [5, 5.41) is 98.8. The Balaban J connectivity index is 0.000000204. The summed E-state index contributed by atoms with van der Waals surface area (Å²) in [5.41, 5.74) is 6.23. The minimum Gasteiger partial charge on any atom is -0.426 e. The molecule has 34 nitrogen and oxygen atoms in total. The number of Topliss-reactive ketones (excluding diaryl/α,β-unsaturated/α-hetero) is 6. The second-order valence-electron chi connectivity index (χ2n) is 35.8. The lowest BCUT2D eigenvalue weighted by molar-refractivity contribution is -0.909. The van der Waals surface area contributed by atoms with Crippen LogP contribution in [0, 0.1) is 0 Å². The predicted octanol–water partition coefficient (Wildman–Crippen LogP) is 6.00. The Bertz CT molecular complexity index is 4960. The summed E-state index contributed by atoms with van der Waals surface area (Å²) in [4.78, 5) is 141. The van der Waals surface area contributed by atoms with Gasteiger partial charge in [0.2, 0.25) is 59.7 Å². The van der Waals surface area contributed by atoms with Gasteiger partial charge < -0.3 is 90.0 Å². The van der Waals surface area contributed by atoms with Crippen molar-refractivity contribution < 1.29 is 135 Å². The Morgan fingerprint density at radius 3 is 1.19 bits per heavy atom. The molecule has 1 unspecified atom stereocenters. The fourth-order valence-electron chi connectivity index (χ4n) is 16.7. The zero-order valence-electron chi connectivity index (χ0n) is 79.9. The van der Waals surface area contributed by atoms with E-state index in [4.69, 9.17) is 27.9 Å². The fourth-order valence-corrected chi connectivity index (χ4v) is 17.4. The first kappa shape index (κ1) is 113. The number of thiophene rings is 1. The Hall–Kier alpha value is -11.0. The first-order valence-corrected chi connectivity index (χ1v) is 48.4. The van der Waals surface area contributed by atoms with Gasteiger partial charge in [0.05, 0.1) is 92.2 Å². The number of nitrogens with zero attached hydrogens (tertiary/aromatic N) is 2. The molecule has 0 saturated carbocycles. The molecule has 2 fully saturated rings. The first-order chi connectivity index (χ1) is 66.5. The summed E-state index contributed by atoms with van der Waals surface area (Å²) in [5.74, 6) is -4.11. The molecule has 6 aromatic rings. The van der Waals surface area contributed by atoms with Gasteiger partial charge in [-0.25, -0.2) is 0 Å². The fraction of sp³-hybridized carbons (Fsp3) is 0.469. The van der Waals surface area contributed by atoms with E-state index >= 15 is 0 Å².